The van der Waals surface area contributed by atoms with E-state index in [-0.39, 0.29) is 12.8 Å². The summed E-state index contributed by atoms with van der Waals surface area (Å²) in [5.74, 6) is -0.872. The van der Waals surface area contributed by atoms with Gasteiger partial charge in [0, 0.05) is 6.42 Å². The van der Waals surface area contributed by atoms with Crippen molar-refractivity contribution in [2.75, 3.05) is 0 Å². The van der Waals surface area contributed by atoms with Gasteiger partial charge < -0.3 is 10.2 Å². The number of allylic oxidation sites excluding steroid dienone is 2. The lowest BCUT2D eigenvalue weighted by atomic mass is 9.92. The van der Waals surface area contributed by atoms with Gasteiger partial charge in [-0.15, -0.1) is 0 Å². The average Bonchev–Trinajstić information content (AvgIpc) is 2.46. The zero-order valence-corrected chi connectivity index (χ0v) is 11.0. The molecule has 1 aromatic carbocycles. The van der Waals surface area contributed by atoms with Gasteiger partial charge in [0.05, 0.1) is 6.10 Å². The monoisotopic (exact) mass is 260 g/mol. The van der Waals surface area contributed by atoms with Crippen molar-refractivity contribution in [1.82, 2.24) is 0 Å². The fraction of sp³-hybridized carbons (Fsp3) is 0.438. The number of hydrogen-bond donors (Lipinski definition) is 2. The fourth-order valence-corrected chi connectivity index (χ4v) is 2.45. The molecule has 1 atom stereocenters. The second-order valence-corrected chi connectivity index (χ2v) is 5.05. The molecule has 3 heteroatoms. The first-order valence-corrected chi connectivity index (χ1v) is 6.86. The van der Waals surface area contributed by atoms with E-state index in [9.17, 15) is 9.90 Å². The Kier molecular flexibility index (Phi) is 4.74. The molecule has 0 amide bonds. The number of aliphatic carboxylic acids is 1. The van der Waals surface area contributed by atoms with Gasteiger partial charge in [0.15, 0.2) is 0 Å². The number of rotatable bonds is 5. The Labute approximate surface area is 113 Å². The highest BCUT2D eigenvalue weighted by Gasteiger charge is 2.11. The maximum Gasteiger partial charge on any atom is 0.303 e. The molecule has 19 heavy (non-hydrogen) atoms. The smallest absolute Gasteiger partial charge is 0.303 e. The van der Waals surface area contributed by atoms with Gasteiger partial charge in [-0.1, -0.05) is 30.3 Å². The molecular formula is C16H20O3. The molecule has 2 N–H and O–H groups in total. The van der Waals surface area contributed by atoms with Crippen LogP contribution >= 0.6 is 0 Å². The van der Waals surface area contributed by atoms with Gasteiger partial charge in [-0.3, -0.25) is 4.79 Å². The molecule has 1 aliphatic rings. The van der Waals surface area contributed by atoms with Crippen molar-refractivity contribution in [3.8, 4) is 0 Å². The lowest BCUT2D eigenvalue weighted by Gasteiger charge is -2.14. The van der Waals surface area contributed by atoms with E-state index in [1.165, 1.54) is 24.0 Å². The average molecular weight is 260 g/mol. The van der Waals surface area contributed by atoms with Crippen LogP contribution in [-0.2, 0) is 4.79 Å². The quantitative estimate of drug-likeness (QED) is 0.851. The minimum Gasteiger partial charge on any atom is -0.481 e. The number of carboxylic acid groups (broad SMARTS) is 1. The van der Waals surface area contributed by atoms with Gasteiger partial charge >= 0.3 is 5.97 Å². The van der Waals surface area contributed by atoms with Crippen molar-refractivity contribution in [3.63, 3.8) is 0 Å². The Balaban J connectivity index is 2.01. The molecule has 0 saturated carbocycles. The summed E-state index contributed by atoms with van der Waals surface area (Å²) >= 11 is 0. The van der Waals surface area contributed by atoms with Crippen LogP contribution < -0.4 is 0 Å². The van der Waals surface area contributed by atoms with Gasteiger partial charge in [0.1, 0.15) is 0 Å². The largest absolute Gasteiger partial charge is 0.481 e. The minimum absolute atomic E-state index is 0.00588. The SMILES string of the molecule is O=C(O)CCC(O)c1ccc(C2=CCCCC2)cc1. The molecule has 0 saturated heterocycles. The van der Waals surface area contributed by atoms with Crippen LogP contribution in [0, 0.1) is 0 Å². The zero-order valence-electron chi connectivity index (χ0n) is 11.0. The van der Waals surface area contributed by atoms with Gasteiger partial charge in [-0.2, -0.15) is 0 Å². The van der Waals surface area contributed by atoms with Crippen LogP contribution in [-0.4, -0.2) is 16.2 Å². The van der Waals surface area contributed by atoms with Crippen LogP contribution in [0.1, 0.15) is 55.8 Å². The number of carbonyl (C=O) groups is 1. The van der Waals surface area contributed by atoms with Crippen LogP contribution in [0.4, 0.5) is 0 Å². The maximum absolute atomic E-state index is 10.5. The molecule has 0 radical (unpaired) electrons. The lowest BCUT2D eigenvalue weighted by Crippen LogP contribution is -2.02. The summed E-state index contributed by atoms with van der Waals surface area (Å²) in [5, 5.41) is 18.5. The molecule has 0 fully saturated rings. The van der Waals surface area contributed by atoms with E-state index in [4.69, 9.17) is 5.11 Å². The van der Waals surface area contributed by atoms with Gasteiger partial charge in [0.25, 0.3) is 0 Å². The van der Waals surface area contributed by atoms with Crippen molar-refractivity contribution in [2.24, 2.45) is 0 Å². The summed E-state index contributed by atoms with van der Waals surface area (Å²) in [6.07, 6.45) is 6.65. The third-order valence-corrected chi connectivity index (χ3v) is 3.59. The first-order chi connectivity index (χ1) is 9.16. The lowest BCUT2D eigenvalue weighted by molar-refractivity contribution is -0.137. The Bertz CT molecular complexity index is 459. The van der Waals surface area contributed by atoms with Crippen LogP contribution in [0.5, 0.6) is 0 Å². The van der Waals surface area contributed by atoms with Gasteiger partial charge in [-0.05, 0) is 48.8 Å². The first kappa shape index (κ1) is 13.8. The van der Waals surface area contributed by atoms with Crippen LogP contribution in [0.15, 0.2) is 30.3 Å². The maximum atomic E-state index is 10.5. The van der Waals surface area contributed by atoms with Crippen molar-refractivity contribution in [2.45, 2.75) is 44.6 Å². The van der Waals surface area contributed by atoms with Gasteiger partial charge in [-0.25, -0.2) is 0 Å². The molecule has 0 aliphatic heterocycles. The summed E-state index contributed by atoms with van der Waals surface area (Å²) in [6.45, 7) is 0. The molecule has 1 aromatic rings. The molecule has 102 valence electrons. The second-order valence-electron chi connectivity index (χ2n) is 5.05. The molecular weight excluding hydrogens is 240 g/mol. The highest BCUT2D eigenvalue weighted by atomic mass is 16.4. The molecule has 1 unspecified atom stereocenters. The molecule has 0 heterocycles. The van der Waals surface area contributed by atoms with E-state index < -0.39 is 12.1 Å². The number of hydrogen-bond acceptors (Lipinski definition) is 2. The van der Waals surface area contributed by atoms with Gasteiger partial charge in [0.2, 0.25) is 0 Å². The summed E-state index contributed by atoms with van der Waals surface area (Å²) in [5.41, 5.74) is 3.40. The van der Waals surface area contributed by atoms with E-state index in [0.29, 0.717) is 0 Å². The third-order valence-electron chi connectivity index (χ3n) is 3.59. The predicted molar refractivity (Wildman–Crippen MR) is 74.7 cm³/mol. The fourth-order valence-electron chi connectivity index (χ4n) is 2.45. The van der Waals surface area contributed by atoms with Crippen molar-refractivity contribution >= 4 is 11.5 Å². The first-order valence-electron chi connectivity index (χ1n) is 6.86. The predicted octanol–water partition coefficient (Wildman–Crippen LogP) is 3.54. The molecule has 2 rings (SSSR count). The van der Waals surface area contributed by atoms with Crippen molar-refractivity contribution < 1.29 is 15.0 Å². The van der Waals surface area contributed by atoms with E-state index in [1.807, 2.05) is 24.3 Å². The van der Waals surface area contributed by atoms with Crippen LogP contribution in [0.2, 0.25) is 0 Å². The summed E-state index contributed by atoms with van der Waals surface area (Å²) < 4.78 is 0. The summed E-state index contributed by atoms with van der Waals surface area (Å²) in [7, 11) is 0. The van der Waals surface area contributed by atoms with E-state index in [2.05, 4.69) is 6.08 Å². The Morgan fingerprint density at radius 1 is 1.21 bits per heavy atom. The zero-order chi connectivity index (χ0) is 13.7. The van der Waals surface area contributed by atoms with E-state index in [0.717, 1.165) is 18.4 Å². The summed E-state index contributed by atoms with van der Waals surface area (Å²) in [4.78, 5) is 10.5. The number of carboxylic acids is 1. The molecule has 0 aromatic heterocycles. The Hall–Kier alpha value is -1.61. The molecule has 0 bridgehead atoms. The topological polar surface area (TPSA) is 57.5 Å². The number of benzene rings is 1. The minimum atomic E-state index is -0.872. The van der Waals surface area contributed by atoms with Crippen LogP contribution in [0.3, 0.4) is 0 Å². The Morgan fingerprint density at radius 3 is 2.53 bits per heavy atom. The highest BCUT2D eigenvalue weighted by molar-refractivity contribution is 5.67. The molecule has 0 spiro atoms. The van der Waals surface area contributed by atoms with Crippen molar-refractivity contribution in [3.05, 3.63) is 41.5 Å². The molecule has 1 aliphatic carbocycles. The van der Waals surface area contributed by atoms with Crippen molar-refractivity contribution in [1.29, 1.82) is 0 Å². The molecule has 3 nitrogen and oxygen atoms in total. The number of aliphatic hydroxyl groups excluding tert-OH is 1. The highest BCUT2D eigenvalue weighted by Crippen LogP contribution is 2.28. The third kappa shape index (κ3) is 3.93. The standard InChI is InChI=1S/C16H20O3/c17-15(10-11-16(18)19)14-8-6-13(7-9-14)12-4-2-1-3-5-12/h4,6-9,15,17H,1-3,5,10-11H2,(H,18,19). The van der Waals surface area contributed by atoms with Crippen LogP contribution in [0.25, 0.3) is 5.57 Å². The van der Waals surface area contributed by atoms with E-state index in [1.54, 1.807) is 0 Å². The number of aliphatic hydroxyl groups is 1. The van der Waals surface area contributed by atoms with E-state index >= 15 is 0 Å². The second kappa shape index (κ2) is 6.53. The summed E-state index contributed by atoms with van der Waals surface area (Å²) in [6, 6.07) is 7.85. The normalized spacial score (nSPS) is 16.8. The Morgan fingerprint density at radius 2 is 1.95 bits per heavy atom.